The molecule has 1 unspecified atom stereocenters. The molecule has 0 aliphatic heterocycles. The van der Waals surface area contributed by atoms with Crippen LogP contribution >= 0.6 is 0 Å². The standard InChI is InChI=1S/C15H25NO/c1-3-4-5-7-13(2)16-11-14-8-6-9-15(10-14)12-17/h6,8-10,13,16-17H,3-5,7,11-12H2,1-2H3. The van der Waals surface area contributed by atoms with E-state index in [2.05, 4.69) is 31.3 Å². The van der Waals surface area contributed by atoms with Gasteiger partial charge in [-0.1, -0.05) is 50.5 Å². The van der Waals surface area contributed by atoms with Crippen molar-refractivity contribution in [1.29, 1.82) is 0 Å². The quantitative estimate of drug-likeness (QED) is 0.678. The van der Waals surface area contributed by atoms with Gasteiger partial charge in [0.2, 0.25) is 0 Å². The van der Waals surface area contributed by atoms with Crippen LogP contribution in [0.3, 0.4) is 0 Å². The molecular formula is C15H25NO. The summed E-state index contributed by atoms with van der Waals surface area (Å²) in [6.45, 7) is 5.49. The van der Waals surface area contributed by atoms with Gasteiger partial charge in [0.25, 0.3) is 0 Å². The highest BCUT2D eigenvalue weighted by atomic mass is 16.3. The van der Waals surface area contributed by atoms with Crippen molar-refractivity contribution < 1.29 is 5.11 Å². The Labute approximate surface area is 105 Å². The molecule has 0 radical (unpaired) electrons. The lowest BCUT2D eigenvalue weighted by molar-refractivity contribution is 0.281. The lowest BCUT2D eigenvalue weighted by Crippen LogP contribution is -2.25. The van der Waals surface area contributed by atoms with Crippen molar-refractivity contribution in [2.45, 2.75) is 58.7 Å². The number of rotatable bonds is 8. The van der Waals surface area contributed by atoms with E-state index in [1.54, 1.807) is 0 Å². The third kappa shape index (κ3) is 5.85. The molecule has 1 rings (SSSR count). The predicted octanol–water partition coefficient (Wildman–Crippen LogP) is 3.24. The van der Waals surface area contributed by atoms with Crippen molar-refractivity contribution >= 4 is 0 Å². The van der Waals surface area contributed by atoms with E-state index >= 15 is 0 Å². The summed E-state index contributed by atoms with van der Waals surface area (Å²) in [6, 6.07) is 8.69. The summed E-state index contributed by atoms with van der Waals surface area (Å²) >= 11 is 0. The van der Waals surface area contributed by atoms with Crippen LogP contribution in [0.1, 0.15) is 50.7 Å². The molecule has 0 fully saturated rings. The first-order valence-corrected chi connectivity index (χ1v) is 6.68. The molecule has 1 atom stereocenters. The van der Waals surface area contributed by atoms with E-state index < -0.39 is 0 Å². The second kappa shape index (κ2) is 8.26. The Bertz CT molecular complexity index is 312. The summed E-state index contributed by atoms with van der Waals surface area (Å²) in [5.41, 5.74) is 2.24. The average Bonchev–Trinajstić information content (AvgIpc) is 2.37. The smallest absolute Gasteiger partial charge is 0.0681 e. The van der Waals surface area contributed by atoms with E-state index in [1.165, 1.54) is 31.2 Å². The van der Waals surface area contributed by atoms with Crippen LogP contribution in [0.15, 0.2) is 24.3 Å². The minimum atomic E-state index is 0.125. The fraction of sp³-hybridized carbons (Fsp3) is 0.600. The number of aliphatic hydroxyl groups excluding tert-OH is 1. The number of benzene rings is 1. The van der Waals surface area contributed by atoms with Crippen LogP contribution in [0, 0.1) is 0 Å². The Kier molecular flexibility index (Phi) is 6.90. The minimum Gasteiger partial charge on any atom is -0.392 e. The molecule has 96 valence electrons. The van der Waals surface area contributed by atoms with E-state index in [1.807, 2.05) is 12.1 Å². The zero-order chi connectivity index (χ0) is 12.5. The van der Waals surface area contributed by atoms with Crippen molar-refractivity contribution in [3.8, 4) is 0 Å². The molecular weight excluding hydrogens is 210 g/mol. The Balaban J connectivity index is 2.28. The fourth-order valence-electron chi connectivity index (χ4n) is 1.93. The molecule has 0 saturated heterocycles. The molecule has 1 aromatic rings. The number of hydrogen-bond donors (Lipinski definition) is 2. The van der Waals surface area contributed by atoms with Gasteiger partial charge in [0, 0.05) is 12.6 Å². The van der Waals surface area contributed by atoms with Gasteiger partial charge in [-0.3, -0.25) is 0 Å². The molecule has 2 nitrogen and oxygen atoms in total. The first kappa shape index (κ1) is 14.2. The summed E-state index contributed by atoms with van der Waals surface area (Å²) in [5, 5.41) is 12.6. The van der Waals surface area contributed by atoms with Crippen molar-refractivity contribution in [3.63, 3.8) is 0 Å². The Morgan fingerprint density at radius 1 is 1.24 bits per heavy atom. The van der Waals surface area contributed by atoms with Gasteiger partial charge in [-0.15, -0.1) is 0 Å². The molecule has 2 N–H and O–H groups in total. The van der Waals surface area contributed by atoms with Crippen molar-refractivity contribution in [2.24, 2.45) is 0 Å². The van der Waals surface area contributed by atoms with Crippen LogP contribution < -0.4 is 5.32 Å². The topological polar surface area (TPSA) is 32.3 Å². The Hall–Kier alpha value is -0.860. The average molecular weight is 235 g/mol. The fourth-order valence-corrected chi connectivity index (χ4v) is 1.93. The molecule has 0 heterocycles. The van der Waals surface area contributed by atoms with Crippen LogP contribution in [0.5, 0.6) is 0 Å². The van der Waals surface area contributed by atoms with E-state index in [0.717, 1.165) is 12.1 Å². The van der Waals surface area contributed by atoms with E-state index in [0.29, 0.717) is 6.04 Å². The zero-order valence-electron chi connectivity index (χ0n) is 11.1. The van der Waals surface area contributed by atoms with Gasteiger partial charge < -0.3 is 10.4 Å². The maximum Gasteiger partial charge on any atom is 0.0681 e. The molecule has 0 aliphatic rings. The second-order valence-corrected chi connectivity index (χ2v) is 4.76. The maximum absolute atomic E-state index is 9.06. The second-order valence-electron chi connectivity index (χ2n) is 4.76. The molecule has 0 bridgehead atoms. The van der Waals surface area contributed by atoms with Crippen LogP contribution in [0.25, 0.3) is 0 Å². The van der Waals surface area contributed by atoms with Crippen LogP contribution in [0.2, 0.25) is 0 Å². The van der Waals surface area contributed by atoms with Gasteiger partial charge in [0.05, 0.1) is 6.61 Å². The van der Waals surface area contributed by atoms with Crippen molar-refractivity contribution in [1.82, 2.24) is 5.32 Å². The summed E-state index contributed by atoms with van der Waals surface area (Å²) in [6.07, 6.45) is 5.16. The van der Waals surface area contributed by atoms with E-state index in [-0.39, 0.29) is 6.61 Å². The lowest BCUT2D eigenvalue weighted by atomic mass is 10.1. The molecule has 0 aliphatic carbocycles. The van der Waals surface area contributed by atoms with Crippen molar-refractivity contribution in [2.75, 3.05) is 0 Å². The minimum absolute atomic E-state index is 0.125. The highest BCUT2D eigenvalue weighted by Crippen LogP contribution is 2.07. The summed E-state index contributed by atoms with van der Waals surface area (Å²) in [7, 11) is 0. The van der Waals surface area contributed by atoms with Gasteiger partial charge in [-0.25, -0.2) is 0 Å². The highest BCUT2D eigenvalue weighted by molar-refractivity contribution is 5.22. The van der Waals surface area contributed by atoms with Gasteiger partial charge >= 0.3 is 0 Å². The highest BCUT2D eigenvalue weighted by Gasteiger charge is 2.01. The predicted molar refractivity (Wildman–Crippen MR) is 72.8 cm³/mol. The molecule has 17 heavy (non-hydrogen) atoms. The summed E-state index contributed by atoms with van der Waals surface area (Å²) in [5.74, 6) is 0. The SMILES string of the molecule is CCCCCC(C)NCc1cccc(CO)c1. The normalized spacial score (nSPS) is 12.6. The first-order chi connectivity index (χ1) is 8.26. The largest absolute Gasteiger partial charge is 0.392 e. The molecule has 0 aromatic heterocycles. The van der Waals surface area contributed by atoms with Crippen LogP contribution in [-0.2, 0) is 13.2 Å². The molecule has 2 heteroatoms. The first-order valence-electron chi connectivity index (χ1n) is 6.68. The van der Waals surface area contributed by atoms with E-state index in [4.69, 9.17) is 5.11 Å². The summed E-state index contributed by atoms with van der Waals surface area (Å²) in [4.78, 5) is 0. The molecule has 0 spiro atoms. The van der Waals surface area contributed by atoms with Crippen LogP contribution in [0.4, 0.5) is 0 Å². The van der Waals surface area contributed by atoms with Gasteiger partial charge in [-0.2, -0.15) is 0 Å². The Morgan fingerprint density at radius 2 is 2.00 bits per heavy atom. The summed E-state index contributed by atoms with van der Waals surface area (Å²) < 4.78 is 0. The lowest BCUT2D eigenvalue weighted by Gasteiger charge is -2.13. The van der Waals surface area contributed by atoms with Crippen LogP contribution in [-0.4, -0.2) is 11.1 Å². The molecule has 0 amide bonds. The van der Waals surface area contributed by atoms with Gasteiger partial charge in [0.15, 0.2) is 0 Å². The van der Waals surface area contributed by atoms with Gasteiger partial charge in [-0.05, 0) is 24.5 Å². The number of hydrogen-bond acceptors (Lipinski definition) is 2. The number of unbranched alkanes of at least 4 members (excludes halogenated alkanes) is 2. The number of aliphatic hydroxyl groups is 1. The zero-order valence-corrected chi connectivity index (χ0v) is 11.1. The maximum atomic E-state index is 9.06. The molecule has 0 saturated carbocycles. The Morgan fingerprint density at radius 3 is 2.71 bits per heavy atom. The third-order valence-electron chi connectivity index (χ3n) is 3.07. The monoisotopic (exact) mass is 235 g/mol. The van der Waals surface area contributed by atoms with E-state index in [9.17, 15) is 0 Å². The number of nitrogens with one attached hydrogen (secondary N) is 1. The van der Waals surface area contributed by atoms with Gasteiger partial charge in [0.1, 0.15) is 0 Å². The molecule has 1 aromatic carbocycles. The third-order valence-corrected chi connectivity index (χ3v) is 3.07. The van der Waals surface area contributed by atoms with Crippen molar-refractivity contribution in [3.05, 3.63) is 35.4 Å².